The summed E-state index contributed by atoms with van der Waals surface area (Å²) in [6.07, 6.45) is 3.85. The highest BCUT2D eigenvalue weighted by atomic mass is 14.3. The van der Waals surface area contributed by atoms with E-state index in [1.165, 1.54) is 40.8 Å². The monoisotopic (exact) mass is 322 g/mol. The van der Waals surface area contributed by atoms with Gasteiger partial charge < -0.3 is 0 Å². The molecular formula is C25H22. The predicted molar refractivity (Wildman–Crippen MR) is 107 cm³/mol. The van der Waals surface area contributed by atoms with E-state index in [0.29, 0.717) is 11.8 Å². The van der Waals surface area contributed by atoms with Crippen molar-refractivity contribution in [2.75, 3.05) is 0 Å². The highest BCUT2D eigenvalue weighted by Gasteiger charge is 2.28. The van der Waals surface area contributed by atoms with Crippen LogP contribution in [0.15, 0.2) is 84.9 Å². The van der Waals surface area contributed by atoms with E-state index < -0.39 is 0 Å². The smallest absolute Gasteiger partial charge is 0.0149 e. The van der Waals surface area contributed by atoms with Crippen LogP contribution in [-0.4, -0.2) is 0 Å². The first kappa shape index (κ1) is 14.7. The lowest BCUT2D eigenvalue weighted by Gasteiger charge is -2.16. The van der Waals surface area contributed by atoms with E-state index in [2.05, 4.69) is 84.9 Å². The maximum absolute atomic E-state index is 2.35. The van der Waals surface area contributed by atoms with Gasteiger partial charge in [-0.2, -0.15) is 0 Å². The first-order chi connectivity index (χ1) is 12.4. The van der Waals surface area contributed by atoms with Crippen molar-refractivity contribution in [3.8, 4) is 0 Å². The number of benzene rings is 4. The summed E-state index contributed by atoms with van der Waals surface area (Å²) in [4.78, 5) is 0. The van der Waals surface area contributed by atoms with E-state index in [-0.39, 0.29) is 0 Å². The molecule has 0 saturated heterocycles. The van der Waals surface area contributed by atoms with Gasteiger partial charge in [-0.3, -0.25) is 0 Å². The standard InChI is InChI=1S/C25H22/c1-3-11-22-18(7-1)9-5-13-24(22)20-15-16-21(17-20)25-14-6-10-19-8-2-4-12-23(19)25/h1-14,20-21H,15-17H2. The first-order valence-electron chi connectivity index (χ1n) is 9.35. The van der Waals surface area contributed by atoms with Gasteiger partial charge in [-0.1, -0.05) is 84.9 Å². The lowest BCUT2D eigenvalue weighted by Crippen LogP contribution is -1.97. The van der Waals surface area contributed by atoms with Gasteiger partial charge >= 0.3 is 0 Å². The summed E-state index contributed by atoms with van der Waals surface area (Å²) in [6.45, 7) is 0. The van der Waals surface area contributed by atoms with Gasteiger partial charge in [0.15, 0.2) is 0 Å². The average molecular weight is 322 g/mol. The van der Waals surface area contributed by atoms with Crippen LogP contribution in [0.3, 0.4) is 0 Å². The molecule has 4 aromatic rings. The van der Waals surface area contributed by atoms with Crippen molar-refractivity contribution in [1.82, 2.24) is 0 Å². The molecule has 1 aliphatic rings. The molecule has 0 nitrogen and oxygen atoms in total. The molecule has 0 aromatic heterocycles. The van der Waals surface area contributed by atoms with Gasteiger partial charge in [0.25, 0.3) is 0 Å². The van der Waals surface area contributed by atoms with Gasteiger partial charge in [0.05, 0.1) is 0 Å². The van der Waals surface area contributed by atoms with Gasteiger partial charge in [0.2, 0.25) is 0 Å². The Bertz CT molecular complexity index is 948. The largest absolute Gasteiger partial charge is 0.0616 e. The van der Waals surface area contributed by atoms with Crippen molar-refractivity contribution in [3.63, 3.8) is 0 Å². The molecule has 25 heavy (non-hydrogen) atoms. The van der Waals surface area contributed by atoms with E-state index in [4.69, 9.17) is 0 Å². The zero-order valence-corrected chi connectivity index (χ0v) is 14.4. The van der Waals surface area contributed by atoms with Gasteiger partial charge in [-0.25, -0.2) is 0 Å². The predicted octanol–water partition coefficient (Wildman–Crippen LogP) is 7.04. The molecule has 0 radical (unpaired) electrons. The molecule has 0 amide bonds. The summed E-state index contributed by atoms with van der Waals surface area (Å²) in [6, 6.07) is 31.3. The normalized spacial score (nSPS) is 20.3. The Morgan fingerprint density at radius 3 is 1.44 bits per heavy atom. The second-order valence-electron chi connectivity index (χ2n) is 7.34. The Hall–Kier alpha value is -2.60. The molecule has 1 aliphatic carbocycles. The van der Waals surface area contributed by atoms with Crippen LogP contribution in [0.25, 0.3) is 21.5 Å². The molecular weight excluding hydrogens is 300 g/mol. The van der Waals surface area contributed by atoms with Crippen LogP contribution in [0, 0.1) is 0 Å². The van der Waals surface area contributed by atoms with Crippen LogP contribution < -0.4 is 0 Å². The van der Waals surface area contributed by atoms with Crippen molar-refractivity contribution in [2.45, 2.75) is 31.1 Å². The maximum atomic E-state index is 2.35. The van der Waals surface area contributed by atoms with Crippen molar-refractivity contribution in [1.29, 1.82) is 0 Å². The molecule has 0 N–H and O–H groups in total. The fraction of sp³-hybridized carbons (Fsp3) is 0.200. The third-order valence-corrected chi connectivity index (χ3v) is 5.96. The molecule has 5 rings (SSSR count). The summed E-state index contributed by atoms with van der Waals surface area (Å²) in [7, 11) is 0. The minimum absolute atomic E-state index is 0.676. The highest BCUT2D eigenvalue weighted by molar-refractivity contribution is 5.87. The Labute approximate surface area is 149 Å². The van der Waals surface area contributed by atoms with Gasteiger partial charge in [-0.05, 0) is 63.8 Å². The molecule has 1 saturated carbocycles. The minimum atomic E-state index is 0.676. The molecule has 4 aromatic carbocycles. The lowest BCUT2D eigenvalue weighted by molar-refractivity contribution is 0.693. The zero-order chi connectivity index (χ0) is 16.6. The topological polar surface area (TPSA) is 0 Å². The van der Waals surface area contributed by atoms with Crippen LogP contribution in [0.4, 0.5) is 0 Å². The van der Waals surface area contributed by atoms with Gasteiger partial charge in [0.1, 0.15) is 0 Å². The third-order valence-electron chi connectivity index (χ3n) is 5.96. The van der Waals surface area contributed by atoms with Crippen LogP contribution in [-0.2, 0) is 0 Å². The second kappa shape index (κ2) is 6.04. The summed E-state index contributed by atoms with van der Waals surface area (Å²) < 4.78 is 0. The zero-order valence-electron chi connectivity index (χ0n) is 14.4. The fourth-order valence-corrected chi connectivity index (χ4v) is 4.76. The number of hydrogen-bond donors (Lipinski definition) is 0. The van der Waals surface area contributed by atoms with Gasteiger partial charge in [0, 0.05) is 0 Å². The second-order valence-corrected chi connectivity index (χ2v) is 7.34. The molecule has 2 unspecified atom stereocenters. The van der Waals surface area contributed by atoms with E-state index in [1.54, 1.807) is 11.1 Å². The van der Waals surface area contributed by atoms with Crippen molar-refractivity contribution >= 4 is 21.5 Å². The molecule has 0 spiro atoms. The maximum Gasteiger partial charge on any atom is -0.0149 e. The molecule has 122 valence electrons. The van der Waals surface area contributed by atoms with Crippen LogP contribution in [0.5, 0.6) is 0 Å². The summed E-state index contributed by atoms with van der Waals surface area (Å²) >= 11 is 0. The van der Waals surface area contributed by atoms with Crippen LogP contribution in [0.1, 0.15) is 42.2 Å². The van der Waals surface area contributed by atoms with E-state index in [1.807, 2.05) is 0 Å². The molecule has 1 fully saturated rings. The van der Waals surface area contributed by atoms with Crippen molar-refractivity contribution in [3.05, 3.63) is 96.1 Å². The Kier molecular flexibility index (Phi) is 3.56. The van der Waals surface area contributed by atoms with Crippen molar-refractivity contribution < 1.29 is 0 Å². The average Bonchev–Trinajstić information content (AvgIpc) is 3.17. The van der Waals surface area contributed by atoms with E-state index in [0.717, 1.165) is 0 Å². The molecule has 0 heterocycles. The minimum Gasteiger partial charge on any atom is -0.0616 e. The van der Waals surface area contributed by atoms with Crippen molar-refractivity contribution in [2.24, 2.45) is 0 Å². The number of fused-ring (bicyclic) bond motifs is 2. The van der Waals surface area contributed by atoms with E-state index >= 15 is 0 Å². The Balaban J connectivity index is 1.52. The summed E-state index contributed by atoms with van der Waals surface area (Å²) in [5.74, 6) is 1.35. The summed E-state index contributed by atoms with van der Waals surface area (Å²) in [5, 5.41) is 5.62. The van der Waals surface area contributed by atoms with Gasteiger partial charge in [-0.15, -0.1) is 0 Å². The molecule has 0 heteroatoms. The lowest BCUT2D eigenvalue weighted by atomic mass is 9.88. The number of rotatable bonds is 2. The quantitative estimate of drug-likeness (QED) is 0.371. The fourth-order valence-electron chi connectivity index (χ4n) is 4.76. The Morgan fingerprint density at radius 2 is 0.920 bits per heavy atom. The van der Waals surface area contributed by atoms with Crippen LogP contribution in [0.2, 0.25) is 0 Å². The molecule has 0 aliphatic heterocycles. The first-order valence-corrected chi connectivity index (χ1v) is 9.35. The Morgan fingerprint density at radius 1 is 0.480 bits per heavy atom. The summed E-state index contributed by atoms with van der Waals surface area (Å²) in [5.41, 5.74) is 3.08. The molecule has 0 bridgehead atoms. The SMILES string of the molecule is c1ccc2c(C3CCC(c4cccc5ccccc45)C3)cccc2c1. The highest BCUT2D eigenvalue weighted by Crippen LogP contribution is 2.46. The van der Waals surface area contributed by atoms with Crippen LogP contribution >= 0.6 is 0 Å². The van der Waals surface area contributed by atoms with E-state index in [9.17, 15) is 0 Å². The molecule has 2 atom stereocenters. The third kappa shape index (κ3) is 2.53. The number of hydrogen-bond acceptors (Lipinski definition) is 0.